The molecule has 1 unspecified atom stereocenters. The van der Waals surface area contributed by atoms with Crippen molar-refractivity contribution in [1.29, 1.82) is 0 Å². The van der Waals surface area contributed by atoms with Crippen LogP contribution in [0.5, 0.6) is 0 Å². The highest BCUT2D eigenvalue weighted by molar-refractivity contribution is 6.04. The monoisotopic (exact) mass is 388 g/mol. The first-order valence-electron chi connectivity index (χ1n) is 10.2. The maximum absolute atomic E-state index is 13.5. The lowest BCUT2D eigenvalue weighted by molar-refractivity contribution is -0.122. The first-order chi connectivity index (χ1) is 13.7. The molecule has 0 saturated carbocycles. The molecule has 0 aliphatic heterocycles. The van der Waals surface area contributed by atoms with E-state index in [1.165, 1.54) is 5.56 Å². The van der Waals surface area contributed by atoms with E-state index >= 15 is 0 Å². The van der Waals surface area contributed by atoms with Gasteiger partial charge in [0, 0.05) is 22.6 Å². The van der Waals surface area contributed by atoms with E-state index in [1.807, 2.05) is 35.8 Å². The largest absolute Gasteiger partial charge is 0.369 e. The molecule has 0 saturated heterocycles. The molecule has 1 amide bonds. The zero-order valence-corrected chi connectivity index (χ0v) is 17.6. The number of rotatable bonds is 2. The second-order valence-corrected chi connectivity index (χ2v) is 9.26. The molecule has 1 atom stereocenters. The highest BCUT2D eigenvalue weighted by atomic mass is 16.2. The van der Waals surface area contributed by atoms with Crippen molar-refractivity contribution in [2.24, 2.45) is 11.7 Å². The molecular weight excluding hydrogens is 360 g/mol. The van der Waals surface area contributed by atoms with Gasteiger partial charge in [0.15, 0.2) is 0 Å². The molecule has 3 aromatic rings. The Balaban J connectivity index is 1.94. The van der Waals surface area contributed by atoms with Gasteiger partial charge in [0.25, 0.3) is 5.91 Å². The predicted molar refractivity (Wildman–Crippen MR) is 116 cm³/mol. The minimum atomic E-state index is -0.256. The van der Waals surface area contributed by atoms with E-state index in [2.05, 4.69) is 39.0 Å². The summed E-state index contributed by atoms with van der Waals surface area (Å²) in [5, 5.41) is 1.07. The van der Waals surface area contributed by atoms with E-state index in [0.717, 1.165) is 27.7 Å². The zero-order valence-electron chi connectivity index (χ0n) is 17.6. The normalized spacial score (nSPS) is 16.6. The Hall–Kier alpha value is -2.88. The molecule has 0 bridgehead atoms. The van der Waals surface area contributed by atoms with Gasteiger partial charge in [0.1, 0.15) is 0 Å². The van der Waals surface area contributed by atoms with Crippen LogP contribution in [0.25, 0.3) is 10.9 Å². The molecule has 2 aromatic carbocycles. The maximum atomic E-state index is 13.5. The second kappa shape index (κ2) is 6.87. The van der Waals surface area contributed by atoms with Crippen molar-refractivity contribution in [3.63, 3.8) is 0 Å². The van der Waals surface area contributed by atoms with Gasteiger partial charge >= 0.3 is 0 Å². The van der Waals surface area contributed by atoms with Crippen molar-refractivity contribution in [2.45, 2.75) is 52.4 Å². The highest BCUT2D eigenvalue weighted by Gasteiger charge is 2.31. The topological polar surface area (TPSA) is 65.1 Å². The summed E-state index contributed by atoms with van der Waals surface area (Å²) in [6.07, 6.45) is 1.97. The van der Waals surface area contributed by atoms with Crippen molar-refractivity contribution in [3.05, 3.63) is 70.4 Å². The number of aromatic nitrogens is 1. The SMILES string of the molecule is Cc1ccc(C(=O)n2c3c(c4cc(C(C)(C)C)ccc42)CC(C(N)=O)CC3)cc1. The molecule has 0 fully saturated rings. The molecule has 29 heavy (non-hydrogen) atoms. The summed E-state index contributed by atoms with van der Waals surface area (Å²) in [7, 11) is 0. The molecule has 0 spiro atoms. The molecule has 0 radical (unpaired) electrons. The van der Waals surface area contributed by atoms with Crippen LogP contribution < -0.4 is 5.73 Å². The van der Waals surface area contributed by atoms with Crippen LogP contribution >= 0.6 is 0 Å². The number of primary amides is 1. The molecule has 1 aromatic heterocycles. The summed E-state index contributed by atoms with van der Waals surface area (Å²) in [5.74, 6) is -0.444. The molecule has 150 valence electrons. The Morgan fingerprint density at radius 1 is 1.07 bits per heavy atom. The fraction of sp³-hybridized carbons (Fsp3) is 0.360. The average molecular weight is 389 g/mol. The number of aryl methyl sites for hydroxylation is 1. The molecule has 1 heterocycles. The number of fused-ring (bicyclic) bond motifs is 3. The van der Waals surface area contributed by atoms with Crippen molar-refractivity contribution < 1.29 is 9.59 Å². The third kappa shape index (κ3) is 3.37. The van der Waals surface area contributed by atoms with E-state index in [1.54, 1.807) is 0 Å². The van der Waals surface area contributed by atoms with E-state index in [4.69, 9.17) is 5.73 Å². The minimum absolute atomic E-state index is 0.00188. The number of amides is 1. The standard InChI is InChI=1S/C25H28N2O2/c1-15-5-7-16(8-6-15)24(29)27-21-11-9-17(23(26)28)13-19(21)20-14-18(25(2,3)4)10-12-22(20)27/h5-8,10,12,14,17H,9,11,13H2,1-4H3,(H2,26,28). The molecule has 4 heteroatoms. The smallest absolute Gasteiger partial charge is 0.262 e. The van der Waals surface area contributed by atoms with Crippen LogP contribution in [0.3, 0.4) is 0 Å². The number of carbonyl (C=O) groups is 2. The summed E-state index contributed by atoms with van der Waals surface area (Å²) in [6.45, 7) is 8.56. The van der Waals surface area contributed by atoms with Crippen LogP contribution in [0.2, 0.25) is 0 Å². The lowest BCUT2D eigenvalue weighted by Gasteiger charge is -2.21. The number of benzene rings is 2. The molecule has 1 aliphatic carbocycles. The quantitative estimate of drug-likeness (QED) is 0.701. The van der Waals surface area contributed by atoms with Crippen LogP contribution in [-0.4, -0.2) is 16.4 Å². The van der Waals surface area contributed by atoms with Crippen molar-refractivity contribution in [1.82, 2.24) is 4.57 Å². The predicted octanol–water partition coefficient (Wildman–Crippen LogP) is 4.53. The van der Waals surface area contributed by atoms with Gasteiger partial charge in [-0.15, -0.1) is 0 Å². The van der Waals surface area contributed by atoms with Gasteiger partial charge in [-0.05, 0) is 67.0 Å². The number of nitrogens with zero attached hydrogens (tertiary/aromatic N) is 1. The van der Waals surface area contributed by atoms with Gasteiger partial charge < -0.3 is 5.73 Å². The number of hydrogen-bond acceptors (Lipinski definition) is 2. The lowest BCUT2D eigenvalue weighted by atomic mass is 9.83. The Bertz CT molecular complexity index is 1110. The van der Waals surface area contributed by atoms with Crippen LogP contribution in [0.4, 0.5) is 0 Å². The molecule has 4 rings (SSSR count). The Labute approximate surface area is 171 Å². The Morgan fingerprint density at radius 2 is 1.76 bits per heavy atom. The fourth-order valence-electron chi connectivity index (χ4n) is 4.32. The molecule has 1 aliphatic rings. The number of hydrogen-bond donors (Lipinski definition) is 1. The lowest BCUT2D eigenvalue weighted by Crippen LogP contribution is -2.29. The van der Waals surface area contributed by atoms with Crippen molar-refractivity contribution in [3.8, 4) is 0 Å². The van der Waals surface area contributed by atoms with Gasteiger partial charge in [-0.3, -0.25) is 14.2 Å². The van der Waals surface area contributed by atoms with Crippen LogP contribution in [0.1, 0.15) is 59.9 Å². The summed E-state index contributed by atoms with van der Waals surface area (Å²) < 4.78 is 1.86. The fourth-order valence-corrected chi connectivity index (χ4v) is 4.32. The Morgan fingerprint density at radius 3 is 2.38 bits per heavy atom. The van der Waals surface area contributed by atoms with Gasteiger partial charge in [-0.2, -0.15) is 0 Å². The average Bonchev–Trinajstić information content (AvgIpc) is 3.00. The first-order valence-corrected chi connectivity index (χ1v) is 10.2. The highest BCUT2D eigenvalue weighted by Crippen LogP contribution is 2.37. The minimum Gasteiger partial charge on any atom is -0.369 e. The molecule has 4 nitrogen and oxygen atoms in total. The summed E-state index contributed by atoms with van der Waals surface area (Å²) in [5.41, 5.74) is 11.7. The zero-order chi connectivity index (χ0) is 20.9. The third-order valence-corrected chi connectivity index (χ3v) is 6.13. The number of nitrogens with two attached hydrogens (primary N) is 1. The van der Waals surface area contributed by atoms with Crippen LogP contribution in [0, 0.1) is 12.8 Å². The van der Waals surface area contributed by atoms with Crippen molar-refractivity contribution >= 4 is 22.7 Å². The van der Waals surface area contributed by atoms with E-state index in [-0.39, 0.29) is 23.1 Å². The maximum Gasteiger partial charge on any atom is 0.262 e. The van der Waals surface area contributed by atoms with Gasteiger partial charge in [-0.1, -0.05) is 44.5 Å². The summed E-state index contributed by atoms with van der Waals surface area (Å²) >= 11 is 0. The summed E-state index contributed by atoms with van der Waals surface area (Å²) in [4.78, 5) is 25.3. The van der Waals surface area contributed by atoms with Crippen molar-refractivity contribution in [2.75, 3.05) is 0 Å². The number of carbonyl (C=O) groups excluding carboxylic acids is 2. The first kappa shape index (κ1) is 19.4. The van der Waals surface area contributed by atoms with Gasteiger partial charge in [0.05, 0.1) is 5.52 Å². The molecular formula is C25H28N2O2. The molecule has 2 N–H and O–H groups in total. The van der Waals surface area contributed by atoms with E-state index in [9.17, 15) is 9.59 Å². The van der Waals surface area contributed by atoms with Gasteiger partial charge in [-0.25, -0.2) is 0 Å². The second-order valence-electron chi connectivity index (χ2n) is 9.26. The van der Waals surface area contributed by atoms with Gasteiger partial charge in [0.2, 0.25) is 5.91 Å². The van der Waals surface area contributed by atoms with E-state index < -0.39 is 0 Å². The third-order valence-electron chi connectivity index (χ3n) is 6.13. The van der Waals surface area contributed by atoms with Crippen LogP contribution in [-0.2, 0) is 23.1 Å². The van der Waals surface area contributed by atoms with E-state index in [0.29, 0.717) is 24.8 Å². The summed E-state index contributed by atoms with van der Waals surface area (Å²) in [6, 6.07) is 14.1. The Kier molecular flexibility index (Phi) is 4.60. The van der Waals surface area contributed by atoms with Crippen LogP contribution in [0.15, 0.2) is 42.5 Å².